The normalized spacial score (nSPS) is 25.6. The number of ether oxygens (including phenoxy) is 1. The smallest absolute Gasteiger partial charge is 0.314 e. The van der Waals surface area contributed by atoms with E-state index in [-0.39, 0.29) is 5.92 Å². The largest absolute Gasteiger partial charge is 0.481 e. The van der Waals surface area contributed by atoms with Gasteiger partial charge in [0.05, 0.1) is 5.41 Å². The van der Waals surface area contributed by atoms with Crippen molar-refractivity contribution in [3.63, 3.8) is 0 Å². The number of carboxylic acids is 1. The van der Waals surface area contributed by atoms with Crippen LogP contribution in [0.3, 0.4) is 0 Å². The lowest BCUT2D eigenvalue weighted by atomic mass is 9.67. The molecule has 20 heavy (non-hydrogen) atoms. The van der Waals surface area contributed by atoms with Crippen molar-refractivity contribution in [3.8, 4) is 0 Å². The Morgan fingerprint density at radius 2 is 2.15 bits per heavy atom. The molecule has 0 aliphatic heterocycles. The van der Waals surface area contributed by atoms with E-state index in [2.05, 4.69) is 19.9 Å². The van der Waals surface area contributed by atoms with E-state index in [0.29, 0.717) is 13.0 Å². The van der Waals surface area contributed by atoms with Crippen molar-refractivity contribution < 1.29 is 14.6 Å². The number of carbonyl (C=O) groups is 1. The molecule has 0 spiro atoms. The summed E-state index contributed by atoms with van der Waals surface area (Å²) < 4.78 is 5.17. The number of allylic oxidation sites excluding steroid dienone is 3. The van der Waals surface area contributed by atoms with Crippen molar-refractivity contribution in [3.05, 3.63) is 23.8 Å². The zero-order valence-corrected chi connectivity index (χ0v) is 13.0. The summed E-state index contributed by atoms with van der Waals surface area (Å²) in [5.41, 5.74) is 0.491. The predicted molar refractivity (Wildman–Crippen MR) is 81.7 cm³/mol. The van der Waals surface area contributed by atoms with Crippen LogP contribution in [0.2, 0.25) is 0 Å². The molecule has 0 radical (unpaired) electrons. The Morgan fingerprint density at radius 3 is 2.70 bits per heavy atom. The van der Waals surface area contributed by atoms with Crippen LogP contribution in [0.5, 0.6) is 0 Å². The van der Waals surface area contributed by atoms with Crippen LogP contribution in [0.25, 0.3) is 0 Å². The van der Waals surface area contributed by atoms with Crippen molar-refractivity contribution in [2.75, 3.05) is 13.7 Å². The summed E-state index contributed by atoms with van der Waals surface area (Å²) in [6, 6.07) is 0. The Bertz CT molecular complexity index is 370. The Labute approximate surface area is 122 Å². The molecule has 2 atom stereocenters. The van der Waals surface area contributed by atoms with Gasteiger partial charge in [-0.3, -0.25) is 4.79 Å². The lowest BCUT2D eigenvalue weighted by Crippen LogP contribution is -2.38. The minimum Gasteiger partial charge on any atom is -0.481 e. The van der Waals surface area contributed by atoms with Gasteiger partial charge in [0, 0.05) is 13.7 Å². The fourth-order valence-electron chi connectivity index (χ4n) is 2.94. The lowest BCUT2D eigenvalue weighted by molar-refractivity contribution is -0.149. The summed E-state index contributed by atoms with van der Waals surface area (Å²) in [7, 11) is 1.67. The third-order valence-electron chi connectivity index (χ3n) is 4.31. The first-order valence-corrected chi connectivity index (χ1v) is 7.73. The highest BCUT2D eigenvalue weighted by molar-refractivity contribution is 5.78. The van der Waals surface area contributed by atoms with Crippen LogP contribution in [0.4, 0.5) is 0 Å². The molecule has 114 valence electrons. The van der Waals surface area contributed by atoms with Crippen LogP contribution >= 0.6 is 0 Å². The summed E-state index contributed by atoms with van der Waals surface area (Å²) in [6.45, 7) is 4.85. The van der Waals surface area contributed by atoms with E-state index in [1.165, 1.54) is 5.57 Å². The van der Waals surface area contributed by atoms with Gasteiger partial charge in [0.1, 0.15) is 0 Å². The Hall–Kier alpha value is -1.09. The standard InChI is InChI=1S/C17H28O3/c1-4-6-7-10-17(16(18)19)11-8-14(5-2)13-15(17)9-12-20-3/h8,11,13,15H,4-7,9-10,12H2,1-3H3,(H,18,19). The Kier molecular flexibility index (Phi) is 7.00. The maximum absolute atomic E-state index is 11.9. The van der Waals surface area contributed by atoms with E-state index < -0.39 is 11.4 Å². The molecule has 0 fully saturated rings. The first kappa shape index (κ1) is 17.0. The van der Waals surface area contributed by atoms with E-state index in [4.69, 9.17) is 4.74 Å². The predicted octanol–water partition coefficient (Wildman–Crippen LogP) is 4.20. The maximum atomic E-state index is 11.9. The molecule has 1 aliphatic rings. The molecule has 1 aliphatic carbocycles. The quantitative estimate of drug-likeness (QED) is 0.644. The molecule has 0 bridgehead atoms. The average Bonchev–Trinajstić information content (AvgIpc) is 2.45. The first-order valence-electron chi connectivity index (χ1n) is 7.73. The number of rotatable bonds is 9. The molecule has 3 nitrogen and oxygen atoms in total. The minimum absolute atomic E-state index is 0.0387. The molecule has 0 aromatic rings. The van der Waals surface area contributed by atoms with Crippen LogP contribution in [0, 0.1) is 11.3 Å². The molecule has 0 saturated carbocycles. The highest BCUT2D eigenvalue weighted by atomic mass is 16.5. The van der Waals surface area contributed by atoms with Gasteiger partial charge in [0.15, 0.2) is 0 Å². The molecule has 2 unspecified atom stereocenters. The van der Waals surface area contributed by atoms with Gasteiger partial charge in [0.2, 0.25) is 0 Å². The third kappa shape index (κ3) is 3.95. The van der Waals surface area contributed by atoms with Gasteiger partial charge < -0.3 is 9.84 Å². The molecular formula is C17H28O3. The second kappa shape index (κ2) is 8.25. The highest BCUT2D eigenvalue weighted by Gasteiger charge is 2.43. The number of unbranched alkanes of at least 4 members (excludes halogenated alkanes) is 2. The van der Waals surface area contributed by atoms with Crippen molar-refractivity contribution in [2.45, 2.75) is 52.4 Å². The van der Waals surface area contributed by atoms with Gasteiger partial charge in [-0.1, -0.05) is 56.9 Å². The van der Waals surface area contributed by atoms with Gasteiger partial charge in [0.25, 0.3) is 0 Å². The summed E-state index contributed by atoms with van der Waals surface area (Å²) in [5.74, 6) is -0.658. The summed E-state index contributed by atoms with van der Waals surface area (Å²) >= 11 is 0. The van der Waals surface area contributed by atoms with Gasteiger partial charge in [-0.25, -0.2) is 0 Å². The average molecular weight is 280 g/mol. The monoisotopic (exact) mass is 280 g/mol. The van der Waals surface area contributed by atoms with Crippen molar-refractivity contribution in [1.29, 1.82) is 0 Å². The fraction of sp³-hybridized carbons (Fsp3) is 0.706. The van der Waals surface area contributed by atoms with Crippen LogP contribution in [-0.2, 0) is 9.53 Å². The molecule has 3 heteroatoms. The fourth-order valence-corrected chi connectivity index (χ4v) is 2.94. The van der Waals surface area contributed by atoms with Gasteiger partial charge in [-0.2, -0.15) is 0 Å². The van der Waals surface area contributed by atoms with Crippen LogP contribution in [0.1, 0.15) is 52.4 Å². The van der Waals surface area contributed by atoms with Crippen molar-refractivity contribution in [2.24, 2.45) is 11.3 Å². The van der Waals surface area contributed by atoms with E-state index in [1.54, 1.807) is 7.11 Å². The SMILES string of the molecule is CCCCCC1(C(=O)O)C=CC(CC)=CC1CCOC. The topological polar surface area (TPSA) is 46.5 Å². The molecule has 0 amide bonds. The number of methoxy groups -OCH3 is 1. The van der Waals surface area contributed by atoms with Gasteiger partial charge >= 0.3 is 5.97 Å². The molecule has 0 heterocycles. The number of carboxylic acid groups (broad SMARTS) is 1. The van der Waals surface area contributed by atoms with Crippen LogP contribution in [0.15, 0.2) is 23.8 Å². The summed E-state index contributed by atoms with van der Waals surface area (Å²) in [5, 5.41) is 9.80. The lowest BCUT2D eigenvalue weighted by Gasteiger charge is -2.36. The number of aliphatic carboxylic acids is 1. The third-order valence-corrected chi connectivity index (χ3v) is 4.31. The Morgan fingerprint density at radius 1 is 1.40 bits per heavy atom. The van der Waals surface area contributed by atoms with E-state index in [9.17, 15) is 9.90 Å². The number of hydrogen-bond acceptors (Lipinski definition) is 2. The highest BCUT2D eigenvalue weighted by Crippen LogP contribution is 2.42. The van der Waals surface area contributed by atoms with E-state index >= 15 is 0 Å². The molecule has 1 rings (SSSR count). The first-order chi connectivity index (χ1) is 9.60. The molecule has 0 aromatic carbocycles. The van der Waals surface area contributed by atoms with E-state index in [0.717, 1.165) is 32.1 Å². The molecule has 0 aromatic heterocycles. The van der Waals surface area contributed by atoms with Gasteiger partial charge in [-0.05, 0) is 25.2 Å². The zero-order chi connectivity index (χ0) is 15.0. The maximum Gasteiger partial charge on any atom is 0.314 e. The van der Waals surface area contributed by atoms with Gasteiger partial charge in [-0.15, -0.1) is 0 Å². The van der Waals surface area contributed by atoms with E-state index in [1.807, 2.05) is 12.2 Å². The van der Waals surface area contributed by atoms with Crippen LogP contribution in [-0.4, -0.2) is 24.8 Å². The number of hydrogen-bond donors (Lipinski definition) is 1. The second-order valence-corrected chi connectivity index (χ2v) is 5.62. The van der Waals surface area contributed by atoms with Crippen molar-refractivity contribution in [1.82, 2.24) is 0 Å². The Balaban J connectivity index is 2.95. The zero-order valence-electron chi connectivity index (χ0n) is 13.0. The molecule has 0 saturated heterocycles. The minimum atomic E-state index is -0.744. The molecule has 1 N–H and O–H groups in total. The summed E-state index contributed by atoms with van der Waals surface area (Å²) in [4.78, 5) is 11.9. The van der Waals surface area contributed by atoms with Crippen LogP contribution < -0.4 is 0 Å². The van der Waals surface area contributed by atoms with Crippen molar-refractivity contribution >= 4 is 5.97 Å². The summed E-state index contributed by atoms with van der Waals surface area (Å²) in [6.07, 6.45) is 11.7. The second-order valence-electron chi connectivity index (χ2n) is 5.62. The molecular weight excluding hydrogens is 252 g/mol.